The molecule has 0 aromatic carbocycles. The first-order chi connectivity index (χ1) is 5.79. The van der Waals surface area contributed by atoms with Crippen LogP contribution >= 0.6 is 0 Å². The van der Waals surface area contributed by atoms with Crippen LogP contribution in [-0.4, -0.2) is 17.0 Å². The zero-order valence-electron chi connectivity index (χ0n) is 6.81. The molecular formula is C10H12O2. The minimum Gasteiger partial charge on any atom is -0.385 e. The molecule has 2 heteroatoms. The van der Waals surface area contributed by atoms with Crippen molar-refractivity contribution in [2.75, 3.05) is 0 Å². The van der Waals surface area contributed by atoms with Gasteiger partial charge in [-0.25, -0.2) is 0 Å². The molecule has 0 aliphatic heterocycles. The summed E-state index contributed by atoms with van der Waals surface area (Å²) < 4.78 is 0. The van der Waals surface area contributed by atoms with Crippen molar-refractivity contribution in [2.45, 2.75) is 18.9 Å². The molecule has 0 aromatic rings. The third kappa shape index (κ3) is 0.589. The van der Waals surface area contributed by atoms with E-state index in [1.807, 2.05) is 0 Å². The van der Waals surface area contributed by atoms with Crippen LogP contribution < -0.4 is 0 Å². The van der Waals surface area contributed by atoms with Gasteiger partial charge in [-0.2, -0.15) is 0 Å². The third-order valence-corrected chi connectivity index (χ3v) is 3.79. The number of carbonyl (C=O) groups excluding carboxylic acids is 1. The molecule has 2 saturated carbocycles. The number of aliphatic hydroxyl groups is 1. The van der Waals surface area contributed by atoms with E-state index in [2.05, 4.69) is 12.2 Å². The van der Waals surface area contributed by atoms with Crippen LogP contribution in [0.2, 0.25) is 0 Å². The molecule has 0 heterocycles. The second-order valence-corrected chi connectivity index (χ2v) is 4.24. The highest BCUT2D eigenvalue weighted by atomic mass is 16.3. The molecule has 1 N–H and O–H groups in total. The predicted octanol–water partition coefficient (Wildman–Crippen LogP) is 0.758. The molecule has 0 amide bonds. The van der Waals surface area contributed by atoms with Crippen molar-refractivity contribution in [3.63, 3.8) is 0 Å². The summed E-state index contributed by atoms with van der Waals surface area (Å²) in [6.45, 7) is 0. The van der Waals surface area contributed by atoms with Crippen LogP contribution in [0.4, 0.5) is 0 Å². The van der Waals surface area contributed by atoms with E-state index in [0.29, 0.717) is 11.8 Å². The number of hydrogen-bond acceptors (Lipinski definition) is 2. The SMILES string of the molecule is O=C1C(O)C2C3C=CC(CC3)C12. The number of aliphatic hydroxyl groups excluding tert-OH is 1. The van der Waals surface area contributed by atoms with E-state index in [-0.39, 0.29) is 17.6 Å². The number of ketones is 1. The smallest absolute Gasteiger partial charge is 0.165 e. The van der Waals surface area contributed by atoms with Crippen molar-refractivity contribution in [2.24, 2.45) is 23.7 Å². The summed E-state index contributed by atoms with van der Waals surface area (Å²) in [4.78, 5) is 11.3. The molecule has 64 valence electrons. The summed E-state index contributed by atoms with van der Waals surface area (Å²) in [6.07, 6.45) is 6.07. The Bertz CT molecular complexity index is 269. The van der Waals surface area contributed by atoms with Gasteiger partial charge in [0.05, 0.1) is 0 Å². The lowest BCUT2D eigenvalue weighted by Crippen LogP contribution is -2.60. The number of allylic oxidation sites excluding steroid dienone is 2. The first-order valence-electron chi connectivity index (χ1n) is 4.69. The molecule has 0 saturated heterocycles. The minimum atomic E-state index is -0.632. The molecule has 2 bridgehead atoms. The molecular weight excluding hydrogens is 152 g/mol. The zero-order chi connectivity index (χ0) is 8.29. The Morgan fingerprint density at radius 2 is 1.92 bits per heavy atom. The van der Waals surface area contributed by atoms with Crippen LogP contribution in [0.15, 0.2) is 12.2 Å². The first kappa shape index (κ1) is 6.84. The van der Waals surface area contributed by atoms with Crippen molar-refractivity contribution in [3.8, 4) is 0 Å². The Morgan fingerprint density at radius 3 is 2.50 bits per heavy atom. The van der Waals surface area contributed by atoms with Crippen LogP contribution in [0.1, 0.15) is 12.8 Å². The topological polar surface area (TPSA) is 37.3 Å². The standard InChI is InChI=1S/C10H12O2/c11-9-7-5-1-2-6(4-3-5)8(7)10(9)12/h1-2,5-9,11H,3-4H2. The molecule has 5 unspecified atom stereocenters. The maximum atomic E-state index is 11.3. The molecule has 0 spiro atoms. The highest BCUT2D eigenvalue weighted by Gasteiger charge is 2.57. The van der Waals surface area contributed by atoms with Gasteiger partial charge >= 0.3 is 0 Å². The fraction of sp³-hybridized carbons (Fsp3) is 0.700. The van der Waals surface area contributed by atoms with Crippen LogP contribution in [0.25, 0.3) is 0 Å². The average Bonchev–Trinajstić information content (AvgIpc) is 2.17. The Morgan fingerprint density at radius 1 is 1.25 bits per heavy atom. The second kappa shape index (κ2) is 1.99. The third-order valence-electron chi connectivity index (χ3n) is 3.79. The van der Waals surface area contributed by atoms with Gasteiger partial charge in [-0.15, -0.1) is 0 Å². The largest absolute Gasteiger partial charge is 0.385 e. The number of rotatable bonds is 0. The number of fused-ring (bicyclic) bond motifs is 1. The van der Waals surface area contributed by atoms with Gasteiger partial charge in [0.15, 0.2) is 5.78 Å². The lowest BCUT2D eigenvalue weighted by molar-refractivity contribution is -0.164. The van der Waals surface area contributed by atoms with Crippen LogP contribution in [0.3, 0.4) is 0 Å². The Balaban J connectivity index is 1.99. The summed E-state index contributed by atoms with van der Waals surface area (Å²) in [5.41, 5.74) is 0. The molecule has 0 radical (unpaired) electrons. The predicted molar refractivity (Wildman–Crippen MR) is 43.3 cm³/mol. The van der Waals surface area contributed by atoms with Crippen molar-refractivity contribution < 1.29 is 9.90 Å². The maximum absolute atomic E-state index is 11.3. The molecule has 4 aliphatic carbocycles. The number of carbonyl (C=O) groups is 1. The van der Waals surface area contributed by atoms with E-state index in [1.165, 1.54) is 6.42 Å². The highest BCUT2D eigenvalue weighted by Crippen LogP contribution is 2.52. The summed E-state index contributed by atoms with van der Waals surface area (Å²) in [5, 5.41) is 9.45. The quantitative estimate of drug-likeness (QED) is 0.537. The fourth-order valence-corrected chi connectivity index (χ4v) is 3.13. The average molecular weight is 164 g/mol. The molecule has 4 rings (SSSR count). The first-order valence-corrected chi connectivity index (χ1v) is 4.69. The van der Waals surface area contributed by atoms with Gasteiger partial charge in [-0.3, -0.25) is 4.79 Å². The molecule has 2 nitrogen and oxygen atoms in total. The van der Waals surface area contributed by atoms with E-state index in [9.17, 15) is 9.90 Å². The molecule has 2 fully saturated rings. The highest BCUT2D eigenvalue weighted by molar-refractivity contribution is 5.93. The van der Waals surface area contributed by atoms with Gasteiger partial charge in [0.1, 0.15) is 6.10 Å². The van der Waals surface area contributed by atoms with Crippen LogP contribution in [0.5, 0.6) is 0 Å². The summed E-state index contributed by atoms with van der Waals surface area (Å²) in [6, 6.07) is 0. The normalized spacial score (nSPS) is 55.1. The van der Waals surface area contributed by atoms with Crippen LogP contribution in [-0.2, 0) is 4.79 Å². The fourth-order valence-electron chi connectivity index (χ4n) is 3.13. The minimum absolute atomic E-state index is 0.0963. The zero-order valence-corrected chi connectivity index (χ0v) is 6.81. The second-order valence-electron chi connectivity index (χ2n) is 4.24. The maximum Gasteiger partial charge on any atom is 0.165 e. The van der Waals surface area contributed by atoms with E-state index in [1.54, 1.807) is 0 Å². The van der Waals surface area contributed by atoms with Gasteiger partial charge < -0.3 is 5.11 Å². The van der Waals surface area contributed by atoms with Crippen molar-refractivity contribution in [1.82, 2.24) is 0 Å². The van der Waals surface area contributed by atoms with Gasteiger partial charge in [0.2, 0.25) is 0 Å². The number of Topliss-reactive ketones (excluding diaryl/α,β-unsaturated/α-hetero) is 1. The lowest BCUT2D eigenvalue weighted by atomic mass is 9.51. The Labute approximate surface area is 71.3 Å². The molecule has 4 aliphatic rings. The monoisotopic (exact) mass is 164 g/mol. The Kier molecular flexibility index (Phi) is 1.14. The van der Waals surface area contributed by atoms with E-state index >= 15 is 0 Å². The number of hydrogen-bond donors (Lipinski definition) is 1. The molecule has 0 aromatic heterocycles. The summed E-state index contributed by atoms with van der Waals surface area (Å²) in [5.74, 6) is 1.51. The van der Waals surface area contributed by atoms with E-state index in [4.69, 9.17) is 0 Å². The van der Waals surface area contributed by atoms with Gasteiger partial charge in [-0.05, 0) is 24.7 Å². The molecule has 5 atom stereocenters. The van der Waals surface area contributed by atoms with E-state index < -0.39 is 6.10 Å². The Hall–Kier alpha value is -0.630. The van der Waals surface area contributed by atoms with E-state index in [0.717, 1.165) is 6.42 Å². The van der Waals surface area contributed by atoms with Gasteiger partial charge in [0, 0.05) is 11.8 Å². The lowest BCUT2D eigenvalue weighted by Gasteiger charge is -2.53. The van der Waals surface area contributed by atoms with Gasteiger partial charge in [0.25, 0.3) is 0 Å². The van der Waals surface area contributed by atoms with Crippen molar-refractivity contribution >= 4 is 5.78 Å². The van der Waals surface area contributed by atoms with Crippen LogP contribution in [0, 0.1) is 23.7 Å². The van der Waals surface area contributed by atoms with Crippen molar-refractivity contribution in [3.05, 3.63) is 12.2 Å². The summed E-state index contributed by atoms with van der Waals surface area (Å²) >= 11 is 0. The van der Waals surface area contributed by atoms with Crippen molar-refractivity contribution in [1.29, 1.82) is 0 Å². The summed E-state index contributed by atoms with van der Waals surface area (Å²) in [7, 11) is 0. The van der Waals surface area contributed by atoms with Gasteiger partial charge in [-0.1, -0.05) is 12.2 Å². The molecule has 12 heavy (non-hydrogen) atoms.